The number of benzene rings is 1. The van der Waals surface area contributed by atoms with E-state index in [0.29, 0.717) is 6.54 Å². The number of anilines is 1. The van der Waals surface area contributed by atoms with Gasteiger partial charge in [0.15, 0.2) is 0 Å². The Balaban J connectivity index is 2.19. The van der Waals surface area contributed by atoms with E-state index in [1.54, 1.807) is 0 Å². The first-order chi connectivity index (χ1) is 8.11. The van der Waals surface area contributed by atoms with Crippen molar-refractivity contribution < 1.29 is 4.79 Å². The minimum Gasteiger partial charge on any atom is -0.360 e. The Labute approximate surface area is 107 Å². The molecule has 0 atom stereocenters. The molecule has 2 rings (SSSR count). The molecule has 4 heteroatoms. The molecule has 0 saturated carbocycles. The molecule has 0 bridgehead atoms. The van der Waals surface area contributed by atoms with Crippen molar-refractivity contribution in [2.45, 2.75) is 13.8 Å². The fraction of sp³-hybridized carbons (Fsp3) is 0.462. The average molecular weight is 253 g/mol. The van der Waals surface area contributed by atoms with Gasteiger partial charge in [-0.25, -0.2) is 0 Å². The second kappa shape index (κ2) is 4.96. The van der Waals surface area contributed by atoms with E-state index in [4.69, 9.17) is 11.6 Å². The zero-order valence-electron chi connectivity index (χ0n) is 10.2. The molecule has 1 aliphatic rings. The highest BCUT2D eigenvalue weighted by atomic mass is 35.5. The fourth-order valence-corrected chi connectivity index (χ4v) is 2.34. The minimum absolute atomic E-state index is 0.193. The smallest absolute Gasteiger partial charge is 0.242 e. The van der Waals surface area contributed by atoms with Crippen molar-refractivity contribution in [2.24, 2.45) is 0 Å². The van der Waals surface area contributed by atoms with Gasteiger partial charge in [-0.05, 0) is 31.5 Å². The molecule has 1 aromatic carbocycles. The van der Waals surface area contributed by atoms with Crippen LogP contribution < -0.4 is 4.90 Å². The SMILES string of the molecule is CCN1CCN(c2cc(Cl)ccc2C)CC1=O. The summed E-state index contributed by atoms with van der Waals surface area (Å²) in [6.07, 6.45) is 0. The zero-order valence-corrected chi connectivity index (χ0v) is 11.0. The highest BCUT2D eigenvalue weighted by Gasteiger charge is 2.23. The van der Waals surface area contributed by atoms with Crippen LogP contribution in [0.25, 0.3) is 0 Å². The lowest BCUT2D eigenvalue weighted by Gasteiger charge is -2.35. The molecule has 3 nitrogen and oxygen atoms in total. The van der Waals surface area contributed by atoms with Gasteiger partial charge in [0.1, 0.15) is 0 Å². The summed E-state index contributed by atoms with van der Waals surface area (Å²) in [5, 5.41) is 0.718. The second-order valence-corrected chi connectivity index (χ2v) is 4.76. The van der Waals surface area contributed by atoms with Crippen molar-refractivity contribution in [1.29, 1.82) is 0 Å². The number of amides is 1. The van der Waals surface area contributed by atoms with Gasteiger partial charge in [-0.15, -0.1) is 0 Å². The molecule has 1 aliphatic heterocycles. The number of carbonyl (C=O) groups excluding carboxylic acids is 1. The third-order valence-corrected chi connectivity index (χ3v) is 3.45. The summed E-state index contributed by atoms with van der Waals surface area (Å²) in [5.41, 5.74) is 2.23. The van der Waals surface area contributed by atoms with Crippen LogP contribution in [0.15, 0.2) is 18.2 Å². The number of piperazine rings is 1. The molecule has 0 spiro atoms. The summed E-state index contributed by atoms with van der Waals surface area (Å²) in [7, 11) is 0. The van der Waals surface area contributed by atoms with Crippen molar-refractivity contribution in [3.63, 3.8) is 0 Å². The summed E-state index contributed by atoms with van der Waals surface area (Å²) >= 11 is 6.01. The lowest BCUT2D eigenvalue weighted by atomic mass is 10.1. The van der Waals surface area contributed by atoms with Crippen molar-refractivity contribution in [3.8, 4) is 0 Å². The van der Waals surface area contributed by atoms with Crippen LogP contribution in [0, 0.1) is 6.92 Å². The lowest BCUT2D eigenvalue weighted by molar-refractivity contribution is -0.130. The van der Waals surface area contributed by atoms with E-state index >= 15 is 0 Å². The number of likely N-dealkylation sites (N-methyl/N-ethyl adjacent to an activating group) is 1. The molecular weight excluding hydrogens is 236 g/mol. The number of rotatable bonds is 2. The summed E-state index contributed by atoms with van der Waals surface area (Å²) in [6.45, 7) is 6.97. The quantitative estimate of drug-likeness (QED) is 0.807. The Bertz CT molecular complexity index is 433. The summed E-state index contributed by atoms with van der Waals surface area (Å²) in [5.74, 6) is 0.193. The fourth-order valence-electron chi connectivity index (χ4n) is 2.17. The van der Waals surface area contributed by atoms with Crippen LogP contribution in [0.1, 0.15) is 12.5 Å². The highest BCUT2D eigenvalue weighted by molar-refractivity contribution is 6.30. The molecule has 1 amide bonds. The summed E-state index contributed by atoms with van der Waals surface area (Å²) in [4.78, 5) is 15.8. The number of hydrogen-bond donors (Lipinski definition) is 0. The number of halogens is 1. The molecule has 1 fully saturated rings. The van der Waals surface area contributed by atoms with Crippen LogP contribution >= 0.6 is 11.6 Å². The van der Waals surface area contributed by atoms with Crippen LogP contribution in [0.4, 0.5) is 5.69 Å². The van der Waals surface area contributed by atoms with Crippen molar-refractivity contribution in [3.05, 3.63) is 28.8 Å². The maximum absolute atomic E-state index is 11.9. The van der Waals surface area contributed by atoms with E-state index < -0.39 is 0 Å². The van der Waals surface area contributed by atoms with E-state index in [1.807, 2.05) is 36.9 Å². The number of hydrogen-bond acceptors (Lipinski definition) is 2. The van der Waals surface area contributed by atoms with Crippen LogP contribution in [0.5, 0.6) is 0 Å². The Hall–Kier alpha value is -1.22. The molecule has 0 aromatic heterocycles. The molecule has 1 saturated heterocycles. The van der Waals surface area contributed by atoms with Gasteiger partial charge in [-0.2, -0.15) is 0 Å². The molecule has 0 radical (unpaired) electrons. The predicted molar refractivity (Wildman–Crippen MR) is 70.7 cm³/mol. The topological polar surface area (TPSA) is 23.6 Å². The maximum atomic E-state index is 11.9. The van der Waals surface area contributed by atoms with E-state index in [9.17, 15) is 4.79 Å². The standard InChI is InChI=1S/C13H17ClN2O/c1-3-15-6-7-16(9-13(15)17)12-8-11(14)5-4-10(12)2/h4-5,8H,3,6-7,9H2,1-2H3. The van der Waals surface area contributed by atoms with Crippen molar-refractivity contribution >= 4 is 23.2 Å². The predicted octanol–water partition coefficient (Wildman–Crippen LogP) is 2.32. The van der Waals surface area contributed by atoms with Gasteiger partial charge in [0, 0.05) is 30.3 Å². The Morgan fingerprint density at radius 3 is 2.76 bits per heavy atom. The Kier molecular flexibility index (Phi) is 3.57. The van der Waals surface area contributed by atoms with E-state index in [1.165, 1.54) is 0 Å². The van der Waals surface area contributed by atoms with Gasteiger partial charge >= 0.3 is 0 Å². The normalized spacial score (nSPS) is 16.5. The third-order valence-electron chi connectivity index (χ3n) is 3.21. The van der Waals surface area contributed by atoms with Crippen LogP contribution in [-0.2, 0) is 4.79 Å². The van der Waals surface area contributed by atoms with Crippen LogP contribution in [0.2, 0.25) is 5.02 Å². The molecule has 0 N–H and O–H groups in total. The molecular formula is C13H17ClN2O. The van der Waals surface area contributed by atoms with Gasteiger partial charge in [0.2, 0.25) is 5.91 Å². The van der Waals surface area contributed by atoms with Gasteiger partial charge in [0.25, 0.3) is 0 Å². The lowest BCUT2D eigenvalue weighted by Crippen LogP contribution is -2.50. The molecule has 92 valence electrons. The second-order valence-electron chi connectivity index (χ2n) is 4.33. The molecule has 0 aliphatic carbocycles. The first-order valence-corrected chi connectivity index (χ1v) is 6.28. The van der Waals surface area contributed by atoms with Crippen molar-refractivity contribution in [1.82, 2.24) is 4.90 Å². The largest absolute Gasteiger partial charge is 0.360 e. The third kappa shape index (κ3) is 2.55. The molecule has 1 heterocycles. The number of carbonyl (C=O) groups is 1. The van der Waals surface area contributed by atoms with E-state index in [0.717, 1.165) is 35.9 Å². The minimum atomic E-state index is 0.193. The van der Waals surface area contributed by atoms with Crippen LogP contribution in [-0.4, -0.2) is 37.0 Å². The number of aryl methyl sites for hydroxylation is 1. The first kappa shape index (κ1) is 12.2. The highest BCUT2D eigenvalue weighted by Crippen LogP contribution is 2.25. The van der Waals surface area contributed by atoms with Gasteiger partial charge < -0.3 is 9.80 Å². The van der Waals surface area contributed by atoms with Crippen LogP contribution in [0.3, 0.4) is 0 Å². The summed E-state index contributed by atoms with van der Waals surface area (Å²) < 4.78 is 0. The number of nitrogens with zero attached hydrogens (tertiary/aromatic N) is 2. The molecule has 1 aromatic rings. The van der Waals surface area contributed by atoms with E-state index in [-0.39, 0.29) is 5.91 Å². The van der Waals surface area contributed by atoms with E-state index in [2.05, 4.69) is 4.90 Å². The Morgan fingerprint density at radius 1 is 1.35 bits per heavy atom. The van der Waals surface area contributed by atoms with Gasteiger partial charge in [-0.1, -0.05) is 17.7 Å². The monoisotopic (exact) mass is 252 g/mol. The van der Waals surface area contributed by atoms with Gasteiger partial charge in [-0.3, -0.25) is 4.79 Å². The summed E-state index contributed by atoms with van der Waals surface area (Å²) in [6, 6.07) is 5.81. The first-order valence-electron chi connectivity index (χ1n) is 5.90. The van der Waals surface area contributed by atoms with Gasteiger partial charge in [0.05, 0.1) is 6.54 Å². The average Bonchev–Trinajstić information content (AvgIpc) is 2.32. The zero-order chi connectivity index (χ0) is 12.4. The van der Waals surface area contributed by atoms with Crippen molar-refractivity contribution in [2.75, 3.05) is 31.1 Å². The maximum Gasteiger partial charge on any atom is 0.242 e. The molecule has 17 heavy (non-hydrogen) atoms. The molecule has 0 unspecified atom stereocenters. The Morgan fingerprint density at radius 2 is 2.12 bits per heavy atom.